The van der Waals surface area contributed by atoms with Gasteiger partial charge in [0.25, 0.3) is 0 Å². The topological polar surface area (TPSA) is 72.1 Å². The molecule has 6 nitrogen and oxygen atoms in total. The third-order valence-electron chi connectivity index (χ3n) is 5.29. The zero-order valence-corrected chi connectivity index (χ0v) is 19.9. The van der Waals surface area contributed by atoms with Crippen molar-refractivity contribution in [1.82, 2.24) is 4.90 Å². The third kappa shape index (κ3) is 5.76. The molecule has 0 spiro atoms. The Labute approximate surface area is 190 Å². The normalized spacial score (nSPS) is 14.6. The van der Waals surface area contributed by atoms with Gasteiger partial charge in [0.1, 0.15) is 11.5 Å². The molecule has 0 saturated carbocycles. The maximum absolute atomic E-state index is 6.16. The molecule has 29 heavy (non-hydrogen) atoms. The molecule has 0 saturated heterocycles. The molecule has 0 amide bonds. The Bertz CT molecular complexity index is 854. The van der Waals surface area contributed by atoms with Gasteiger partial charge in [0, 0.05) is 24.7 Å². The lowest BCUT2D eigenvalue weighted by Crippen LogP contribution is -2.49. The van der Waals surface area contributed by atoms with Gasteiger partial charge in [0.05, 0.1) is 26.5 Å². The summed E-state index contributed by atoms with van der Waals surface area (Å²) in [4.78, 5) is 7.07. The highest BCUT2D eigenvalue weighted by molar-refractivity contribution is 14.0. The minimum Gasteiger partial charge on any atom is -0.497 e. The Balaban J connectivity index is 0.00000300. The number of fused-ring (bicyclic) bond motifs is 1. The van der Waals surface area contributed by atoms with Gasteiger partial charge in [-0.05, 0) is 43.5 Å². The van der Waals surface area contributed by atoms with Crippen molar-refractivity contribution < 1.29 is 9.47 Å². The number of methoxy groups -OCH3 is 2. The molecular formula is C22H31IN4O2. The minimum absolute atomic E-state index is 0. The van der Waals surface area contributed by atoms with Crippen molar-refractivity contribution in [1.29, 1.82) is 0 Å². The van der Waals surface area contributed by atoms with Crippen LogP contribution in [0.1, 0.15) is 25.0 Å². The molecule has 2 aromatic rings. The van der Waals surface area contributed by atoms with E-state index < -0.39 is 0 Å². The van der Waals surface area contributed by atoms with Gasteiger partial charge in [-0.2, -0.15) is 0 Å². The molecule has 0 atom stereocenters. The van der Waals surface area contributed by atoms with E-state index >= 15 is 0 Å². The highest BCUT2D eigenvalue weighted by Crippen LogP contribution is 2.29. The molecule has 0 aliphatic carbocycles. The fourth-order valence-corrected chi connectivity index (χ4v) is 3.48. The van der Waals surface area contributed by atoms with Gasteiger partial charge in [-0.25, -0.2) is 0 Å². The van der Waals surface area contributed by atoms with Crippen molar-refractivity contribution in [2.24, 2.45) is 10.7 Å². The standard InChI is InChI=1S/C22H30N4O2.HI/c1-22(2,26-12-11-16-7-5-6-8-17(16)14-26)15-24-21(23)25-19-13-18(27-3)9-10-20(19)28-4;/h5-10,13H,11-12,14-15H2,1-4H3,(H3,23,24,25);1H. The molecule has 0 radical (unpaired) electrons. The molecule has 3 N–H and O–H groups in total. The molecule has 0 unspecified atom stereocenters. The fraction of sp³-hybridized carbons (Fsp3) is 0.409. The Morgan fingerprint density at radius 3 is 2.55 bits per heavy atom. The van der Waals surface area contributed by atoms with Crippen LogP contribution in [0.5, 0.6) is 11.5 Å². The van der Waals surface area contributed by atoms with E-state index in [-0.39, 0.29) is 29.5 Å². The van der Waals surface area contributed by atoms with E-state index in [4.69, 9.17) is 15.2 Å². The summed E-state index contributed by atoms with van der Waals surface area (Å²) < 4.78 is 10.7. The van der Waals surface area contributed by atoms with Gasteiger partial charge in [-0.3, -0.25) is 9.89 Å². The van der Waals surface area contributed by atoms with Gasteiger partial charge in [-0.15, -0.1) is 24.0 Å². The Morgan fingerprint density at radius 1 is 1.14 bits per heavy atom. The number of hydrogen-bond donors (Lipinski definition) is 2. The van der Waals surface area contributed by atoms with Crippen molar-refractivity contribution in [3.8, 4) is 11.5 Å². The maximum Gasteiger partial charge on any atom is 0.193 e. The molecular weight excluding hydrogens is 479 g/mol. The Kier molecular flexibility index (Phi) is 8.15. The highest BCUT2D eigenvalue weighted by atomic mass is 127. The summed E-state index contributed by atoms with van der Waals surface area (Å²) in [5.74, 6) is 1.77. The number of nitrogens with zero attached hydrogens (tertiary/aromatic N) is 2. The molecule has 1 heterocycles. The van der Waals surface area contributed by atoms with E-state index in [1.54, 1.807) is 14.2 Å². The SMILES string of the molecule is COc1ccc(OC)c(NC(N)=NCC(C)(C)N2CCc3ccccc3C2)c1.I. The minimum atomic E-state index is -0.0989. The van der Waals surface area contributed by atoms with Crippen LogP contribution in [0.3, 0.4) is 0 Å². The highest BCUT2D eigenvalue weighted by Gasteiger charge is 2.29. The number of aliphatic imine (C=N–C) groups is 1. The number of rotatable bonds is 6. The van der Waals surface area contributed by atoms with E-state index in [2.05, 4.69) is 53.3 Å². The van der Waals surface area contributed by atoms with E-state index in [0.717, 1.165) is 30.9 Å². The first-order chi connectivity index (χ1) is 13.4. The smallest absolute Gasteiger partial charge is 0.193 e. The molecule has 0 bridgehead atoms. The summed E-state index contributed by atoms with van der Waals surface area (Å²) in [6.07, 6.45) is 1.07. The first-order valence-corrected chi connectivity index (χ1v) is 9.54. The zero-order valence-electron chi connectivity index (χ0n) is 17.6. The van der Waals surface area contributed by atoms with Crippen LogP contribution >= 0.6 is 24.0 Å². The van der Waals surface area contributed by atoms with Gasteiger partial charge < -0.3 is 20.5 Å². The van der Waals surface area contributed by atoms with Gasteiger partial charge >= 0.3 is 0 Å². The second-order valence-electron chi connectivity index (χ2n) is 7.65. The average molecular weight is 510 g/mol. The van der Waals surface area contributed by atoms with Crippen molar-refractivity contribution in [3.63, 3.8) is 0 Å². The quantitative estimate of drug-likeness (QED) is 0.351. The maximum atomic E-state index is 6.16. The predicted molar refractivity (Wildman–Crippen MR) is 130 cm³/mol. The molecule has 1 aliphatic heterocycles. The largest absolute Gasteiger partial charge is 0.497 e. The van der Waals surface area contributed by atoms with Crippen molar-refractivity contribution in [2.75, 3.05) is 32.6 Å². The number of guanidine groups is 1. The fourth-order valence-electron chi connectivity index (χ4n) is 3.48. The van der Waals surface area contributed by atoms with E-state index in [1.165, 1.54) is 11.1 Å². The average Bonchev–Trinajstić information content (AvgIpc) is 2.72. The van der Waals surface area contributed by atoms with Crippen molar-refractivity contribution >= 4 is 35.6 Å². The molecule has 2 aromatic carbocycles. The number of nitrogens with two attached hydrogens (primary N) is 1. The van der Waals surface area contributed by atoms with Crippen LogP contribution in [0.4, 0.5) is 5.69 Å². The molecule has 0 aromatic heterocycles. The molecule has 0 fully saturated rings. The summed E-state index contributed by atoms with van der Waals surface area (Å²) >= 11 is 0. The van der Waals surface area contributed by atoms with Gasteiger partial charge in [0.15, 0.2) is 5.96 Å². The summed E-state index contributed by atoms with van der Waals surface area (Å²) in [7, 11) is 3.25. The van der Waals surface area contributed by atoms with Gasteiger partial charge in [-0.1, -0.05) is 24.3 Å². The Hall–Kier alpha value is -2.00. The van der Waals surface area contributed by atoms with Gasteiger partial charge in [0.2, 0.25) is 0 Å². The van der Waals surface area contributed by atoms with Crippen LogP contribution in [0.25, 0.3) is 0 Å². The lowest BCUT2D eigenvalue weighted by molar-refractivity contribution is 0.112. The van der Waals surface area contributed by atoms with Crippen LogP contribution in [0.2, 0.25) is 0 Å². The number of ether oxygens (including phenoxy) is 2. The first kappa shape index (κ1) is 23.3. The lowest BCUT2D eigenvalue weighted by Gasteiger charge is -2.40. The third-order valence-corrected chi connectivity index (χ3v) is 5.29. The van der Waals surface area contributed by atoms with Crippen LogP contribution in [-0.2, 0) is 13.0 Å². The van der Waals surface area contributed by atoms with Crippen LogP contribution in [0, 0.1) is 0 Å². The monoisotopic (exact) mass is 510 g/mol. The van der Waals surface area contributed by atoms with Crippen molar-refractivity contribution in [3.05, 3.63) is 53.6 Å². The van der Waals surface area contributed by atoms with E-state index in [0.29, 0.717) is 18.3 Å². The second-order valence-corrected chi connectivity index (χ2v) is 7.65. The predicted octanol–water partition coefficient (Wildman–Crippen LogP) is 3.89. The first-order valence-electron chi connectivity index (χ1n) is 9.54. The summed E-state index contributed by atoms with van der Waals surface area (Å²) in [5.41, 5.74) is 9.64. The van der Waals surface area contributed by atoms with E-state index in [9.17, 15) is 0 Å². The summed E-state index contributed by atoms with van der Waals surface area (Å²) in [6.45, 7) is 6.99. The number of anilines is 1. The van der Waals surface area contributed by atoms with E-state index in [1.807, 2.05) is 18.2 Å². The summed E-state index contributed by atoms with van der Waals surface area (Å²) in [5, 5.41) is 3.13. The van der Waals surface area contributed by atoms with Crippen molar-refractivity contribution in [2.45, 2.75) is 32.4 Å². The number of hydrogen-bond acceptors (Lipinski definition) is 4. The number of halogens is 1. The molecule has 7 heteroatoms. The van der Waals surface area contributed by atoms with Crippen LogP contribution < -0.4 is 20.5 Å². The zero-order chi connectivity index (χ0) is 20.1. The lowest BCUT2D eigenvalue weighted by atomic mass is 9.94. The van der Waals surface area contributed by atoms with Crippen LogP contribution in [-0.4, -0.2) is 43.7 Å². The van der Waals surface area contributed by atoms with Crippen LogP contribution in [0.15, 0.2) is 47.5 Å². The second kappa shape index (κ2) is 10.2. The Morgan fingerprint density at radius 2 is 1.86 bits per heavy atom. The summed E-state index contributed by atoms with van der Waals surface area (Å²) in [6, 6.07) is 14.2. The molecule has 3 rings (SSSR count). The molecule has 158 valence electrons. The molecule has 1 aliphatic rings. The number of nitrogens with one attached hydrogen (secondary N) is 1. The number of benzene rings is 2.